The molecule has 0 aliphatic heterocycles. The number of methoxy groups -OCH3 is 1. The van der Waals surface area contributed by atoms with Gasteiger partial charge in [-0.05, 0) is 55.5 Å². The molecule has 1 heterocycles. The van der Waals surface area contributed by atoms with E-state index < -0.39 is 11.4 Å². The Balaban J connectivity index is 1.88. The second kappa shape index (κ2) is 8.37. The van der Waals surface area contributed by atoms with Crippen LogP contribution in [0.1, 0.15) is 64.8 Å². The van der Waals surface area contributed by atoms with Crippen molar-refractivity contribution < 1.29 is 19.1 Å². The molecule has 0 spiro atoms. The van der Waals surface area contributed by atoms with Crippen LogP contribution in [0.25, 0.3) is 0 Å². The van der Waals surface area contributed by atoms with Crippen molar-refractivity contribution in [1.82, 2.24) is 0 Å². The van der Waals surface area contributed by atoms with Gasteiger partial charge in [0.2, 0.25) is 5.91 Å². The summed E-state index contributed by atoms with van der Waals surface area (Å²) in [6.45, 7) is 5.54. The van der Waals surface area contributed by atoms with Crippen LogP contribution in [0.3, 0.4) is 0 Å². The molecule has 1 aliphatic carbocycles. The molecular formula is C22H26N2O4S. The quantitative estimate of drug-likeness (QED) is 0.713. The maximum Gasteiger partial charge on any atom is 0.337 e. The number of ether oxygens (including phenoxy) is 1. The number of benzene rings is 1. The number of nitrogens with one attached hydrogen (secondary N) is 2. The number of aryl methyl sites for hydroxylation is 1. The summed E-state index contributed by atoms with van der Waals surface area (Å²) >= 11 is 1.50. The van der Waals surface area contributed by atoms with Gasteiger partial charge in [0.1, 0.15) is 5.00 Å². The van der Waals surface area contributed by atoms with Gasteiger partial charge in [0.05, 0.1) is 18.2 Å². The Morgan fingerprint density at radius 3 is 2.28 bits per heavy atom. The van der Waals surface area contributed by atoms with Crippen molar-refractivity contribution in [2.24, 2.45) is 5.41 Å². The lowest BCUT2D eigenvalue weighted by Crippen LogP contribution is -2.28. The number of amides is 2. The molecule has 0 atom stereocenters. The minimum absolute atomic E-state index is 0.118. The number of fused-ring (bicyclic) bond motifs is 1. The van der Waals surface area contributed by atoms with Gasteiger partial charge >= 0.3 is 5.97 Å². The number of hydrogen-bond acceptors (Lipinski definition) is 5. The van der Waals surface area contributed by atoms with Crippen molar-refractivity contribution >= 4 is 39.8 Å². The first-order valence-electron chi connectivity index (χ1n) is 9.66. The minimum atomic E-state index is -0.554. The Labute approximate surface area is 174 Å². The van der Waals surface area contributed by atoms with Crippen molar-refractivity contribution in [3.8, 4) is 0 Å². The maximum absolute atomic E-state index is 13.1. The van der Waals surface area contributed by atoms with Gasteiger partial charge in [-0.15, -0.1) is 11.3 Å². The van der Waals surface area contributed by atoms with Crippen LogP contribution in [0.15, 0.2) is 24.3 Å². The first-order valence-corrected chi connectivity index (χ1v) is 10.5. The lowest BCUT2D eigenvalue weighted by atomic mass is 9.94. The Morgan fingerprint density at radius 1 is 1.00 bits per heavy atom. The summed E-state index contributed by atoms with van der Waals surface area (Å²) in [7, 11) is 1.32. The van der Waals surface area contributed by atoms with Crippen LogP contribution in [-0.4, -0.2) is 24.9 Å². The van der Waals surface area contributed by atoms with Crippen LogP contribution in [-0.2, 0) is 22.4 Å². The molecule has 1 aromatic carbocycles. The molecule has 6 nitrogen and oxygen atoms in total. The normalized spacial score (nSPS) is 13.4. The summed E-state index contributed by atoms with van der Waals surface area (Å²) in [5.74, 6) is -0.797. The van der Waals surface area contributed by atoms with Gasteiger partial charge in [0.25, 0.3) is 5.91 Å². The fraction of sp³-hybridized carbons (Fsp3) is 0.409. The number of thiophene rings is 1. The molecule has 0 radical (unpaired) electrons. The highest BCUT2D eigenvalue weighted by molar-refractivity contribution is 7.17. The molecule has 0 saturated heterocycles. The van der Waals surface area contributed by atoms with E-state index in [2.05, 4.69) is 10.6 Å². The van der Waals surface area contributed by atoms with E-state index in [1.807, 2.05) is 20.8 Å². The Morgan fingerprint density at radius 2 is 1.66 bits per heavy atom. The lowest BCUT2D eigenvalue weighted by molar-refractivity contribution is -0.123. The van der Waals surface area contributed by atoms with Gasteiger partial charge in [-0.2, -0.15) is 0 Å². The number of esters is 1. The van der Waals surface area contributed by atoms with Gasteiger partial charge < -0.3 is 15.4 Å². The zero-order chi connectivity index (χ0) is 21.2. The van der Waals surface area contributed by atoms with E-state index in [9.17, 15) is 14.4 Å². The van der Waals surface area contributed by atoms with Gasteiger partial charge in [0, 0.05) is 16.0 Å². The molecule has 2 amide bonds. The first-order chi connectivity index (χ1) is 13.7. The molecule has 154 valence electrons. The third-order valence-electron chi connectivity index (χ3n) is 4.87. The van der Waals surface area contributed by atoms with Gasteiger partial charge in [-0.1, -0.05) is 20.8 Å². The molecule has 0 bridgehead atoms. The van der Waals surface area contributed by atoms with Gasteiger partial charge in [-0.3, -0.25) is 9.59 Å². The second-order valence-corrected chi connectivity index (χ2v) is 9.25. The molecule has 29 heavy (non-hydrogen) atoms. The largest absolute Gasteiger partial charge is 0.465 e. The molecule has 7 heteroatoms. The number of carbonyl (C=O) groups is 3. The summed E-state index contributed by atoms with van der Waals surface area (Å²) in [5.41, 5.74) is 2.03. The van der Waals surface area contributed by atoms with Crippen molar-refractivity contribution in [2.75, 3.05) is 17.7 Å². The van der Waals surface area contributed by atoms with Crippen LogP contribution >= 0.6 is 11.3 Å². The van der Waals surface area contributed by atoms with Crippen LogP contribution in [0.2, 0.25) is 0 Å². The van der Waals surface area contributed by atoms with Crippen LogP contribution < -0.4 is 10.6 Å². The predicted octanol–water partition coefficient (Wildman–Crippen LogP) is 4.65. The molecule has 2 aromatic rings. The predicted molar refractivity (Wildman–Crippen MR) is 115 cm³/mol. The van der Waals surface area contributed by atoms with Crippen LogP contribution in [0, 0.1) is 5.41 Å². The zero-order valence-electron chi connectivity index (χ0n) is 17.2. The summed E-state index contributed by atoms with van der Waals surface area (Å²) in [4.78, 5) is 38.4. The first kappa shape index (κ1) is 21.0. The van der Waals surface area contributed by atoms with E-state index >= 15 is 0 Å². The third kappa shape index (κ3) is 4.67. The topological polar surface area (TPSA) is 84.5 Å². The Kier molecular flexibility index (Phi) is 6.07. The molecular weight excluding hydrogens is 388 g/mol. The van der Waals surface area contributed by atoms with Crippen molar-refractivity contribution in [2.45, 2.75) is 46.5 Å². The number of rotatable bonds is 4. The highest BCUT2D eigenvalue weighted by Crippen LogP contribution is 2.39. The number of hydrogen-bond donors (Lipinski definition) is 2. The molecule has 3 rings (SSSR count). The van der Waals surface area contributed by atoms with Crippen molar-refractivity contribution in [3.63, 3.8) is 0 Å². The average molecular weight is 415 g/mol. The van der Waals surface area contributed by atoms with Crippen LogP contribution in [0.5, 0.6) is 0 Å². The summed E-state index contributed by atoms with van der Waals surface area (Å²) in [6.07, 6.45) is 3.89. The minimum Gasteiger partial charge on any atom is -0.465 e. The van der Waals surface area contributed by atoms with E-state index in [1.54, 1.807) is 24.3 Å². The highest BCUT2D eigenvalue weighted by Gasteiger charge is 2.29. The molecule has 0 fully saturated rings. The second-order valence-electron chi connectivity index (χ2n) is 8.14. The summed E-state index contributed by atoms with van der Waals surface area (Å²) in [5, 5.41) is 6.47. The van der Waals surface area contributed by atoms with Crippen molar-refractivity contribution in [1.29, 1.82) is 0 Å². The highest BCUT2D eigenvalue weighted by atomic mass is 32.1. The molecule has 1 aliphatic rings. The maximum atomic E-state index is 13.1. The molecule has 0 unspecified atom stereocenters. The third-order valence-corrected chi connectivity index (χ3v) is 6.08. The Hall–Kier alpha value is -2.67. The smallest absolute Gasteiger partial charge is 0.337 e. The molecule has 1 aromatic heterocycles. The van der Waals surface area contributed by atoms with E-state index in [0.29, 0.717) is 21.8 Å². The molecule has 0 saturated carbocycles. The van der Waals surface area contributed by atoms with E-state index in [1.165, 1.54) is 23.3 Å². The SMILES string of the molecule is COC(=O)c1ccc(NC(=O)c2c(NC(=O)C(C)(C)C)sc3c2CCCC3)cc1. The standard InChI is InChI=1S/C22H26N2O4S/c1-22(2,3)21(27)24-19-17(15-7-5-6-8-16(15)29-19)18(25)23-14-11-9-13(10-12-14)20(26)28-4/h9-12H,5-8H2,1-4H3,(H,23,25)(H,24,27). The summed E-state index contributed by atoms with van der Waals surface area (Å²) < 4.78 is 4.69. The van der Waals surface area contributed by atoms with Crippen molar-refractivity contribution in [3.05, 3.63) is 45.8 Å². The monoisotopic (exact) mass is 414 g/mol. The van der Waals surface area contributed by atoms with Gasteiger partial charge in [0.15, 0.2) is 0 Å². The zero-order valence-corrected chi connectivity index (χ0v) is 18.0. The lowest BCUT2D eigenvalue weighted by Gasteiger charge is -2.18. The molecule has 2 N–H and O–H groups in total. The van der Waals surface area contributed by atoms with Gasteiger partial charge in [-0.25, -0.2) is 4.79 Å². The number of carbonyl (C=O) groups excluding carboxylic acids is 3. The average Bonchev–Trinajstić information content (AvgIpc) is 3.05. The van der Waals surface area contributed by atoms with E-state index in [0.717, 1.165) is 31.2 Å². The van der Waals surface area contributed by atoms with E-state index in [4.69, 9.17) is 4.74 Å². The van der Waals surface area contributed by atoms with Crippen LogP contribution in [0.4, 0.5) is 10.7 Å². The fourth-order valence-electron chi connectivity index (χ4n) is 3.19. The Bertz CT molecular complexity index is 939. The van der Waals surface area contributed by atoms with E-state index in [-0.39, 0.29) is 11.8 Å². The summed E-state index contributed by atoms with van der Waals surface area (Å²) in [6, 6.07) is 6.53. The fourth-order valence-corrected chi connectivity index (χ4v) is 4.47. The number of anilines is 2.